The first kappa shape index (κ1) is 33.0. The summed E-state index contributed by atoms with van der Waals surface area (Å²) in [6, 6.07) is 21.1. The Balaban J connectivity index is 0.939. The van der Waals surface area contributed by atoms with E-state index in [1.165, 1.54) is 12.3 Å². The van der Waals surface area contributed by atoms with E-state index >= 15 is 0 Å². The van der Waals surface area contributed by atoms with Crippen LogP contribution in [0.25, 0.3) is 22.1 Å². The average Bonchev–Trinajstić information content (AvgIpc) is 3.45. The molecule has 1 amide bonds. The number of carbonyl (C=O) groups excluding carboxylic acids is 1. The Morgan fingerprint density at radius 2 is 1.88 bits per heavy atom. The first-order chi connectivity index (χ1) is 24.8. The van der Waals surface area contributed by atoms with Crippen molar-refractivity contribution >= 4 is 45.3 Å². The van der Waals surface area contributed by atoms with Crippen molar-refractivity contribution in [2.45, 2.75) is 51.0 Å². The van der Waals surface area contributed by atoms with Gasteiger partial charge in [0.05, 0.1) is 47.5 Å². The van der Waals surface area contributed by atoms with Crippen molar-refractivity contribution in [1.29, 1.82) is 0 Å². The van der Waals surface area contributed by atoms with Crippen LogP contribution in [0.3, 0.4) is 0 Å². The second kappa shape index (κ2) is 14.2. The maximum absolute atomic E-state index is 14.2. The standard InChI is InChI=1S/C38H35ClFN7O4/c39-26-6-4-25(29(40)17-26)22-51-37-3-1-2-30(45-37)23-10-13-46(14-11-23)21-35-43-33-16-24(5-9-34(33)47(35)20-28-12-15-50-28)38(49)42-27-7-8-31-32(18-27)41-19-36(48)44-31/h1-9,16-19,23,28H,10-15,20-22H2,(H,42,49)(H,44,48)/t28-/m0/s1. The third kappa shape index (κ3) is 7.34. The lowest BCUT2D eigenvalue weighted by Gasteiger charge is -2.32. The van der Waals surface area contributed by atoms with E-state index in [1.54, 1.807) is 36.4 Å². The van der Waals surface area contributed by atoms with Crippen molar-refractivity contribution in [3.05, 3.63) is 123 Å². The number of halogens is 2. The van der Waals surface area contributed by atoms with Gasteiger partial charge in [0.25, 0.3) is 11.5 Å². The van der Waals surface area contributed by atoms with E-state index in [1.807, 2.05) is 30.3 Å². The zero-order valence-electron chi connectivity index (χ0n) is 27.6. The Bertz CT molecular complexity index is 2300. The van der Waals surface area contributed by atoms with Gasteiger partial charge in [0, 0.05) is 46.1 Å². The number of aromatic amines is 1. The fraction of sp³-hybridized carbons (Fsp3) is 0.289. The van der Waals surface area contributed by atoms with Crippen molar-refractivity contribution in [1.82, 2.24) is 29.4 Å². The number of rotatable bonds is 10. The van der Waals surface area contributed by atoms with E-state index in [2.05, 4.69) is 24.8 Å². The van der Waals surface area contributed by atoms with Crippen LogP contribution < -0.4 is 15.6 Å². The van der Waals surface area contributed by atoms with Gasteiger partial charge in [0.1, 0.15) is 18.2 Å². The summed E-state index contributed by atoms with van der Waals surface area (Å²) in [5.41, 5.74) is 5.07. The summed E-state index contributed by atoms with van der Waals surface area (Å²) < 4.78 is 28.1. The Morgan fingerprint density at radius 1 is 1.02 bits per heavy atom. The van der Waals surface area contributed by atoms with Crippen LogP contribution in [0.5, 0.6) is 5.88 Å². The van der Waals surface area contributed by atoms with Crippen LogP contribution >= 0.6 is 11.6 Å². The first-order valence-electron chi connectivity index (χ1n) is 17.0. The van der Waals surface area contributed by atoms with Crippen LogP contribution in [-0.2, 0) is 24.4 Å². The number of H-pyrrole nitrogens is 1. The van der Waals surface area contributed by atoms with Crippen molar-refractivity contribution in [2.75, 3.05) is 25.0 Å². The normalized spacial score (nSPS) is 16.7. The average molecular weight is 708 g/mol. The molecule has 5 heterocycles. The zero-order valence-corrected chi connectivity index (χ0v) is 28.4. The molecule has 6 aromatic rings. The predicted molar refractivity (Wildman–Crippen MR) is 192 cm³/mol. The molecule has 2 saturated heterocycles. The van der Waals surface area contributed by atoms with E-state index in [0.717, 1.165) is 61.5 Å². The number of aromatic nitrogens is 5. The SMILES string of the molecule is O=C(Nc1ccc2[nH]c(=O)cnc2c1)c1ccc2c(c1)nc(CN1CCC(c3cccc(OCc4ccc(Cl)cc4F)n3)CC1)n2C[C@@H]1CCO1. The first-order valence-corrected chi connectivity index (χ1v) is 17.4. The highest BCUT2D eigenvalue weighted by Crippen LogP contribution is 2.30. The van der Waals surface area contributed by atoms with Gasteiger partial charge in [-0.15, -0.1) is 0 Å². The third-order valence-electron chi connectivity index (χ3n) is 9.61. The predicted octanol–water partition coefficient (Wildman–Crippen LogP) is 6.46. The molecule has 0 unspecified atom stereocenters. The molecule has 0 bridgehead atoms. The minimum atomic E-state index is -0.401. The lowest BCUT2D eigenvalue weighted by molar-refractivity contribution is -0.0592. The highest BCUT2D eigenvalue weighted by atomic mass is 35.5. The summed E-state index contributed by atoms with van der Waals surface area (Å²) in [4.78, 5) is 44.0. The highest BCUT2D eigenvalue weighted by molar-refractivity contribution is 6.30. The van der Waals surface area contributed by atoms with Crippen LogP contribution in [0.4, 0.5) is 10.1 Å². The van der Waals surface area contributed by atoms with Crippen molar-refractivity contribution in [3.63, 3.8) is 0 Å². The number of benzene rings is 3. The van der Waals surface area contributed by atoms with E-state index in [4.69, 9.17) is 31.0 Å². The van der Waals surface area contributed by atoms with E-state index in [-0.39, 0.29) is 30.1 Å². The number of amides is 1. The molecule has 13 heteroatoms. The number of ether oxygens (including phenoxy) is 2. The summed E-state index contributed by atoms with van der Waals surface area (Å²) in [6.07, 6.45) is 4.22. The zero-order chi connectivity index (χ0) is 34.9. The summed E-state index contributed by atoms with van der Waals surface area (Å²) in [5.74, 6) is 1.02. The quantitative estimate of drug-likeness (QED) is 0.166. The molecule has 0 radical (unpaired) electrons. The second-order valence-electron chi connectivity index (χ2n) is 13.0. The number of fused-ring (bicyclic) bond motifs is 2. The lowest BCUT2D eigenvalue weighted by atomic mass is 9.93. The molecule has 3 aromatic heterocycles. The molecule has 2 fully saturated rings. The van der Waals surface area contributed by atoms with Crippen LogP contribution in [0, 0.1) is 5.82 Å². The molecule has 2 aliphatic heterocycles. The Morgan fingerprint density at radius 3 is 2.69 bits per heavy atom. The molecule has 3 aromatic carbocycles. The summed E-state index contributed by atoms with van der Waals surface area (Å²) in [7, 11) is 0. The van der Waals surface area contributed by atoms with Gasteiger partial charge in [-0.05, 0) is 86.9 Å². The van der Waals surface area contributed by atoms with Gasteiger partial charge in [-0.25, -0.2) is 19.3 Å². The van der Waals surface area contributed by atoms with Crippen molar-refractivity contribution < 1.29 is 18.7 Å². The number of hydrogen-bond acceptors (Lipinski definition) is 8. The lowest BCUT2D eigenvalue weighted by Crippen LogP contribution is -2.35. The molecule has 0 spiro atoms. The fourth-order valence-corrected chi connectivity index (χ4v) is 6.87. The van der Waals surface area contributed by atoms with Crippen molar-refractivity contribution in [3.8, 4) is 5.88 Å². The smallest absolute Gasteiger partial charge is 0.266 e. The van der Waals surface area contributed by atoms with Gasteiger partial charge < -0.3 is 24.3 Å². The molecule has 1 atom stereocenters. The number of anilines is 1. The maximum Gasteiger partial charge on any atom is 0.266 e. The van der Waals surface area contributed by atoms with Crippen LogP contribution in [0.1, 0.15) is 52.6 Å². The van der Waals surface area contributed by atoms with Gasteiger partial charge in [0.15, 0.2) is 0 Å². The summed E-state index contributed by atoms with van der Waals surface area (Å²) in [6.45, 7) is 3.96. The minimum Gasteiger partial charge on any atom is -0.473 e. The number of imidazole rings is 1. The third-order valence-corrected chi connectivity index (χ3v) is 9.85. The molecular formula is C38H35ClFN7O4. The molecule has 2 N–H and O–H groups in total. The maximum atomic E-state index is 14.2. The van der Waals surface area contributed by atoms with Crippen LogP contribution in [0.15, 0.2) is 83.8 Å². The van der Waals surface area contributed by atoms with Crippen LogP contribution in [0.2, 0.25) is 5.02 Å². The van der Waals surface area contributed by atoms with Crippen molar-refractivity contribution in [2.24, 2.45) is 0 Å². The molecule has 2 aliphatic rings. The summed E-state index contributed by atoms with van der Waals surface area (Å²) >= 11 is 5.88. The van der Waals surface area contributed by atoms with Gasteiger partial charge in [-0.3, -0.25) is 14.5 Å². The Kier molecular flexibility index (Phi) is 9.20. The number of nitrogens with zero attached hydrogens (tertiary/aromatic N) is 5. The van der Waals surface area contributed by atoms with E-state index in [9.17, 15) is 14.0 Å². The topological polar surface area (TPSA) is 127 Å². The highest BCUT2D eigenvalue weighted by Gasteiger charge is 2.26. The fourth-order valence-electron chi connectivity index (χ4n) is 6.71. The number of piperidine rings is 1. The van der Waals surface area contributed by atoms with Gasteiger partial charge in [0.2, 0.25) is 5.88 Å². The van der Waals surface area contributed by atoms with Gasteiger partial charge >= 0.3 is 0 Å². The van der Waals surface area contributed by atoms with Gasteiger partial charge in [-0.2, -0.15) is 0 Å². The number of pyridine rings is 1. The monoisotopic (exact) mass is 707 g/mol. The summed E-state index contributed by atoms with van der Waals surface area (Å²) in [5, 5.41) is 3.29. The van der Waals surface area contributed by atoms with Crippen LogP contribution in [-0.4, -0.2) is 61.1 Å². The van der Waals surface area contributed by atoms with E-state index in [0.29, 0.717) is 51.8 Å². The molecule has 51 heavy (non-hydrogen) atoms. The number of hydrogen-bond donors (Lipinski definition) is 2. The minimum absolute atomic E-state index is 0.0725. The Labute approximate surface area is 297 Å². The molecule has 260 valence electrons. The molecule has 0 aliphatic carbocycles. The van der Waals surface area contributed by atoms with Gasteiger partial charge in [-0.1, -0.05) is 23.7 Å². The number of carbonyl (C=O) groups is 1. The molecule has 11 nitrogen and oxygen atoms in total. The number of likely N-dealkylation sites (tertiary alicyclic amines) is 1. The Hall–Kier alpha value is -5.17. The molecular weight excluding hydrogens is 673 g/mol. The number of nitrogens with one attached hydrogen (secondary N) is 2. The molecule has 0 saturated carbocycles. The van der Waals surface area contributed by atoms with E-state index < -0.39 is 5.82 Å². The largest absolute Gasteiger partial charge is 0.473 e. The second-order valence-corrected chi connectivity index (χ2v) is 13.5. The molecule has 8 rings (SSSR count).